The maximum absolute atomic E-state index is 4.79. The fraction of sp³-hybridized carbons (Fsp3) is 0.688. The molecule has 2 atom stereocenters. The van der Waals surface area contributed by atoms with E-state index in [0.717, 1.165) is 25.6 Å². The average Bonchev–Trinajstić information content (AvgIpc) is 2.99. The molecule has 1 saturated heterocycles. The van der Waals surface area contributed by atoms with Gasteiger partial charge in [0.1, 0.15) is 0 Å². The van der Waals surface area contributed by atoms with Gasteiger partial charge < -0.3 is 10.6 Å². The Kier molecular flexibility index (Phi) is 6.51. The molecule has 2 N–H and O–H groups in total. The second-order valence-electron chi connectivity index (χ2n) is 5.59. The molecule has 0 spiro atoms. The summed E-state index contributed by atoms with van der Waals surface area (Å²) in [6.07, 6.45) is 2.54. The Morgan fingerprint density at radius 2 is 2.14 bits per heavy atom. The van der Waals surface area contributed by atoms with Gasteiger partial charge in [0, 0.05) is 30.6 Å². The van der Waals surface area contributed by atoms with Gasteiger partial charge in [-0.2, -0.15) is 0 Å². The molecule has 1 aliphatic heterocycles. The lowest BCUT2D eigenvalue weighted by molar-refractivity contribution is 0.128. The second kappa shape index (κ2) is 8.39. The van der Waals surface area contributed by atoms with Crippen molar-refractivity contribution in [2.45, 2.75) is 32.7 Å². The van der Waals surface area contributed by atoms with Gasteiger partial charge in [0.2, 0.25) is 0 Å². The van der Waals surface area contributed by atoms with Crippen LogP contribution in [0, 0.1) is 5.92 Å². The largest absolute Gasteiger partial charge is 0.357 e. The van der Waals surface area contributed by atoms with Crippen LogP contribution < -0.4 is 10.6 Å². The third kappa shape index (κ3) is 4.45. The van der Waals surface area contributed by atoms with Crippen LogP contribution in [0.25, 0.3) is 0 Å². The van der Waals surface area contributed by atoms with Gasteiger partial charge in [-0.05, 0) is 57.6 Å². The molecule has 0 radical (unpaired) electrons. The summed E-state index contributed by atoms with van der Waals surface area (Å²) in [6.45, 7) is 8.11. The van der Waals surface area contributed by atoms with E-state index in [1.807, 2.05) is 11.3 Å². The van der Waals surface area contributed by atoms with Gasteiger partial charge >= 0.3 is 0 Å². The van der Waals surface area contributed by atoms with Crippen LogP contribution in [0.4, 0.5) is 0 Å². The lowest BCUT2D eigenvalue weighted by atomic mass is 9.88. The summed E-state index contributed by atoms with van der Waals surface area (Å²) in [7, 11) is 2.25. The maximum Gasteiger partial charge on any atom is 0.191 e. The van der Waals surface area contributed by atoms with Gasteiger partial charge in [0.25, 0.3) is 0 Å². The second-order valence-corrected chi connectivity index (χ2v) is 6.57. The summed E-state index contributed by atoms with van der Waals surface area (Å²) < 4.78 is 0. The lowest BCUT2D eigenvalue weighted by Crippen LogP contribution is -2.40. The van der Waals surface area contributed by atoms with Crippen molar-refractivity contribution >= 4 is 17.3 Å². The third-order valence-corrected chi connectivity index (χ3v) is 4.96. The Morgan fingerprint density at radius 1 is 1.38 bits per heavy atom. The monoisotopic (exact) mass is 308 g/mol. The number of hydrogen-bond donors (Lipinski definition) is 2. The molecule has 0 bridgehead atoms. The van der Waals surface area contributed by atoms with E-state index in [4.69, 9.17) is 4.99 Å². The molecule has 1 aromatic heterocycles. The molecule has 21 heavy (non-hydrogen) atoms. The van der Waals surface area contributed by atoms with Crippen LogP contribution in [0.1, 0.15) is 37.6 Å². The highest BCUT2D eigenvalue weighted by atomic mass is 32.1. The van der Waals surface area contributed by atoms with Crippen LogP contribution in [0.3, 0.4) is 0 Å². The number of aliphatic imine (C=N–C) groups is 1. The fourth-order valence-electron chi connectivity index (χ4n) is 3.08. The molecule has 2 unspecified atom stereocenters. The molecule has 1 aromatic rings. The Bertz CT molecular complexity index is 421. The average molecular weight is 308 g/mol. The zero-order valence-corrected chi connectivity index (χ0v) is 14.2. The number of likely N-dealkylation sites (tertiary alicyclic amines) is 1. The SMILES string of the molecule is CCNC(=NCC1CCCN(C)C1c1cccs1)NCC. The van der Waals surface area contributed by atoms with E-state index in [9.17, 15) is 0 Å². The fourth-order valence-corrected chi connectivity index (χ4v) is 4.06. The molecule has 0 aromatic carbocycles. The molecule has 1 fully saturated rings. The van der Waals surface area contributed by atoms with Crippen LogP contribution in [-0.4, -0.2) is 44.1 Å². The van der Waals surface area contributed by atoms with E-state index in [1.165, 1.54) is 24.3 Å². The predicted octanol–water partition coefficient (Wildman–Crippen LogP) is 2.71. The quantitative estimate of drug-likeness (QED) is 0.649. The molecule has 118 valence electrons. The minimum absolute atomic E-state index is 0.520. The molecular formula is C16H28N4S. The predicted molar refractivity (Wildman–Crippen MR) is 92.1 cm³/mol. The van der Waals surface area contributed by atoms with Crippen LogP contribution >= 0.6 is 11.3 Å². The van der Waals surface area contributed by atoms with E-state index in [-0.39, 0.29) is 0 Å². The van der Waals surface area contributed by atoms with Gasteiger partial charge in [-0.15, -0.1) is 11.3 Å². The molecule has 5 heteroatoms. The minimum atomic E-state index is 0.520. The lowest BCUT2D eigenvalue weighted by Gasteiger charge is -2.38. The van der Waals surface area contributed by atoms with Crippen molar-refractivity contribution in [1.82, 2.24) is 15.5 Å². The summed E-state index contributed by atoms with van der Waals surface area (Å²) in [5, 5.41) is 8.80. The number of rotatable bonds is 5. The van der Waals surface area contributed by atoms with Gasteiger partial charge in [0.15, 0.2) is 5.96 Å². The maximum atomic E-state index is 4.79. The van der Waals surface area contributed by atoms with E-state index < -0.39 is 0 Å². The number of guanidine groups is 1. The van der Waals surface area contributed by atoms with Crippen molar-refractivity contribution < 1.29 is 0 Å². The van der Waals surface area contributed by atoms with Crippen molar-refractivity contribution in [3.05, 3.63) is 22.4 Å². The Hall–Kier alpha value is -1.07. The molecule has 4 nitrogen and oxygen atoms in total. The smallest absolute Gasteiger partial charge is 0.191 e. The highest BCUT2D eigenvalue weighted by Crippen LogP contribution is 2.37. The summed E-state index contributed by atoms with van der Waals surface area (Å²) >= 11 is 1.87. The number of hydrogen-bond acceptors (Lipinski definition) is 3. The summed E-state index contributed by atoms with van der Waals surface area (Å²) in [4.78, 5) is 8.77. The van der Waals surface area contributed by atoms with E-state index in [1.54, 1.807) is 0 Å². The zero-order valence-electron chi connectivity index (χ0n) is 13.4. The van der Waals surface area contributed by atoms with Gasteiger partial charge in [-0.1, -0.05) is 6.07 Å². The summed E-state index contributed by atoms with van der Waals surface area (Å²) in [5.41, 5.74) is 0. The third-order valence-electron chi connectivity index (χ3n) is 4.01. The van der Waals surface area contributed by atoms with Crippen molar-refractivity contribution in [3.63, 3.8) is 0 Å². The first-order valence-corrected chi connectivity index (χ1v) is 8.90. The van der Waals surface area contributed by atoms with Crippen molar-refractivity contribution in [1.29, 1.82) is 0 Å². The Labute approximate surface area is 132 Å². The molecule has 2 heterocycles. The highest BCUT2D eigenvalue weighted by Gasteiger charge is 2.30. The van der Waals surface area contributed by atoms with Crippen LogP contribution in [-0.2, 0) is 0 Å². The van der Waals surface area contributed by atoms with Gasteiger partial charge in [-0.3, -0.25) is 9.89 Å². The van der Waals surface area contributed by atoms with Crippen LogP contribution in [0.5, 0.6) is 0 Å². The number of piperidine rings is 1. The number of nitrogens with one attached hydrogen (secondary N) is 2. The van der Waals surface area contributed by atoms with Gasteiger partial charge in [-0.25, -0.2) is 0 Å². The van der Waals surface area contributed by atoms with Crippen molar-refractivity contribution in [2.75, 3.05) is 33.2 Å². The summed E-state index contributed by atoms with van der Waals surface area (Å²) in [5.74, 6) is 1.55. The van der Waals surface area contributed by atoms with Crippen LogP contribution in [0.2, 0.25) is 0 Å². The number of nitrogens with zero attached hydrogens (tertiary/aromatic N) is 2. The standard InChI is InChI=1S/C16H28N4S/c1-4-17-16(18-5-2)19-12-13-8-6-10-20(3)15(13)14-9-7-11-21-14/h7,9,11,13,15H,4-6,8,10,12H2,1-3H3,(H2,17,18,19). The molecule has 2 rings (SSSR count). The van der Waals surface area contributed by atoms with Crippen molar-refractivity contribution in [2.24, 2.45) is 10.9 Å². The van der Waals surface area contributed by atoms with Gasteiger partial charge in [0.05, 0.1) is 0 Å². The van der Waals surface area contributed by atoms with E-state index in [0.29, 0.717) is 12.0 Å². The highest BCUT2D eigenvalue weighted by molar-refractivity contribution is 7.10. The Balaban J connectivity index is 2.06. The first-order chi connectivity index (χ1) is 10.3. The molecule has 0 aliphatic carbocycles. The molecule has 0 amide bonds. The minimum Gasteiger partial charge on any atom is -0.357 e. The molecular weight excluding hydrogens is 280 g/mol. The Morgan fingerprint density at radius 3 is 2.76 bits per heavy atom. The zero-order chi connectivity index (χ0) is 15.1. The van der Waals surface area contributed by atoms with Crippen LogP contribution in [0.15, 0.2) is 22.5 Å². The first-order valence-electron chi connectivity index (χ1n) is 8.02. The molecule has 1 aliphatic rings. The topological polar surface area (TPSA) is 39.7 Å². The van der Waals surface area contributed by atoms with Crippen molar-refractivity contribution in [3.8, 4) is 0 Å². The normalized spacial score (nSPS) is 22.8. The molecule has 0 saturated carbocycles. The van der Waals surface area contributed by atoms with E-state index >= 15 is 0 Å². The number of thiophene rings is 1. The first kappa shape index (κ1) is 16.3. The van der Waals surface area contributed by atoms with E-state index in [2.05, 4.69) is 53.9 Å². The summed E-state index contributed by atoms with van der Waals surface area (Å²) in [6, 6.07) is 4.95.